The smallest absolute Gasteiger partial charge is 0.366 e. The van der Waals surface area contributed by atoms with Crippen LogP contribution in [-0.4, -0.2) is 131 Å². The number of hydrogen-bond acceptors (Lipinski definition) is 16. The third-order valence-electron chi connectivity index (χ3n) is 7.03. The van der Waals surface area contributed by atoms with Crippen molar-refractivity contribution >= 4 is 41.7 Å². The van der Waals surface area contributed by atoms with Gasteiger partial charge in [-0.2, -0.15) is 0 Å². The van der Waals surface area contributed by atoms with Crippen LogP contribution in [0.5, 0.6) is 0 Å². The van der Waals surface area contributed by atoms with Crippen LogP contribution >= 0.6 is 0 Å². The molecule has 1 aliphatic rings. The molecule has 1 heterocycles. The summed E-state index contributed by atoms with van der Waals surface area (Å²) in [6.45, 7) is 2.86. The summed E-state index contributed by atoms with van der Waals surface area (Å²) >= 11 is 0. The zero-order valence-corrected chi connectivity index (χ0v) is 29.5. The lowest BCUT2D eigenvalue weighted by atomic mass is 9.87. The first-order valence-corrected chi connectivity index (χ1v) is 16.0. The summed E-state index contributed by atoms with van der Waals surface area (Å²) in [6.07, 6.45) is -1.96. The number of rotatable bonds is 20. The Morgan fingerprint density at radius 2 is 1.56 bits per heavy atom. The van der Waals surface area contributed by atoms with Gasteiger partial charge in [-0.25, -0.2) is 4.79 Å². The van der Waals surface area contributed by atoms with Gasteiger partial charge in [-0.1, -0.05) is 24.1 Å². The van der Waals surface area contributed by atoms with Crippen LogP contribution in [0.1, 0.15) is 44.5 Å². The molecule has 286 valence electrons. The Bertz CT molecular complexity index is 1430. The van der Waals surface area contributed by atoms with E-state index in [1.165, 1.54) is 12.1 Å². The molecule has 1 saturated heterocycles. The molecule has 0 aromatic heterocycles. The van der Waals surface area contributed by atoms with Crippen molar-refractivity contribution in [2.45, 2.75) is 70.4 Å². The van der Waals surface area contributed by atoms with Crippen LogP contribution in [-0.2, 0) is 71.4 Å². The first kappa shape index (κ1) is 43.1. The maximum atomic E-state index is 13.5. The van der Waals surface area contributed by atoms with Gasteiger partial charge in [0.1, 0.15) is 18.8 Å². The van der Waals surface area contributed by atoms with Crippen LogP contribution in [0.15, 0.2) is 30.3 Å². The summed E-state index contributed by atoms with van der Waals surface area (Å²) < 4.78 is 49.3. The molecule has 0 unspecified atom stereocenters. The number of benzene rings is 1. The fourth-order valence-corrected chi connectivity index (χ4v) is 5.04. The molecule has 0 aliphatic carbocycles. The van der Waals surface area contributed by atoms with Crippen LogP contribution in [0.25, 0.3) is 0 Å². The standard InChI is InChI=1S/C34H44N2O16/c1-7-13-45-14-15-46-16-17-48-34(33(43)44-6)18-26(49-22(3)38)29(36-28(41)20-47-21(2)37)31(52-34)30(51-24(5)40)27(50-23(4)39)19-35-32(42)25-11-9-8-10-12-25/h1,8-12,26-27,29-31H,13-20H2,2-6H3,(H,35,42)(H,36,41)/t26-,27+,29+,30+,31+,34+/m0/s1. The average molecular weight is 737 g/mol. The van der Waals surface area contributed by atoms with E-state index in [9.17, 15) is 33.6 Å². The molecule has 1 aromatic carbocycles. The molecule has 2 amide bonds. The lowest BCUT2D eigenvalue weighted by Gasteiger charge is -2.48. The highest BCUT2D eigenvalue weighted by Crippen LogP contribution is 2.37. The lowest BCUT2D eigenvalue weighted by molar-refractivity contribution is -0.315. The molecule has 0 radical (unpaired) electrons. The summed E-state index contributed by atoms with van der Waals surface area (Å²) in [5, 5.41) is 5.13. The zero-order chi connectivity index (χ0) is 38.7. The minimum Gasteiger partial charge on any atom is -0.465 e. The van der Waals surface area contributed by atoms with Gasteiger partial charge in [0.2, 0.25) is 0 Å². The van der Waals surface area contributed by atoms with E-state index in [0.717, 1.165) is 34.8 Å². The monoisotopic (exact) mass is 736 g/mol. The number of carbonyl (C=O) groups is 7. The summed E-state index contributed by atoms with van der Waals surface area (Å²) in [7, 11) is 1.03. The number of terminal acetylenes is 1. The second-order valence-corrected chi connectivity index (χ2v) is 11.1. The number of esters is 5. The van der Waals surface area contributed by atoms with E-state index in [1.54, 1.807) is 18.2 Å². The summed E-state index contributed by atoms with van der Waals surface area (Å²) in [4.78, 5) is 88.4. The Hall–Kier alpha value is -5.09. The van der Waals surface area contributed by atoms with Gasteiger partial charge in [-0.3, -0.25) is 28.8 Å². The van der Waals surface area contributed by atoms with Gasteiger partial charge in [-0.15, -0.1) is 6.42 Å². The lowest BCUT2D eigenvalue weighted by Crippen LogP contribution is -2.70. The number of nitrogens with one attached hydrogen (secondary N) is 2. The minimum atomic E-state index is -2.41. The molecular formula is C34H44N2O16. The fourth-order valence-electron chi connectivity index (χ4n) is 5.04. The molecule has 0 bridgehead atoms. The Morgan fingerprint density at radius 3 is 2.15 bits per heavy atom. The second-order valence-electron chi connectivity index (χ2n) is 11.1. The highest BCUT2D eigenvalue weighted by atomic mass is 16.7. The molecule has 0 spiro atoms. The minimum absolute atomic E-state index is 0.0738. The van der Waals surface area contributed by atoms with Crippen molar-refractivity contribution in [1.82, 2.24) is 10.6 Å². The molecular weight excluding hydrogens is 692 g/mol. The molecule has 18 nitrogen and oxygen atoms in total. The molecule has 0 saturated carbocycles. The van der Waals surface area contributed by atoms with Crippen molar-refractivity contribution in [2.24, 2.45) is 0 Å². The predicted octanol–water partition coefficient (Wildman–Crippen LogP) is -0.399. The average Bonchev–Trinajstić information content (AvgIpc) is 3.09. The molecule has 52 heavy (non-hydrogen) atoms. The highest BCUT2D eigenvalue weighted by molar-refractivity contribution is 5.94. The normalized spacial score (nSPS) is 20.5. The van der Waals surface area contributed by atoms with E-state index in [2.05, 4.69) is 16.6 Å². The van der Waals surface area contributed by atoms with Crippen LogP contribution in [0.3, 0.4) is 0 Å². The summed E-state index contributed by atoms with van der Waals surface area (Å²) in [5.74, 6) is -6.20. The maximum Gasteiger partial charge on any atom is 0.366 e. The van der Waals surface area contributed by atoms with E-state index >= 15 is 0 Å². The Balaban J connectivity index is 2.63. The molecule has 1 aliphatic heterocycles. The van der Waals surface area contributed by atoms with Gasteiger partial charge in [0.05, 0.1) is 52.5 Å². The van der Waals surface area contributed by atoms with Crippen LogP contribution < -0.4 is 10.6 Å². The Morgan fingerprint density at radius 1 is 0.904 bits per heavy atom. The van der Waals surface area contributed by atoms with Crippen molar-refractivity contribution in [3.8, 4) is 12.3 Å². The summed E-state index contributed by atoms with van der Waals surface area (Å²) in [6, 6.07) is 6.50. The first-order chi connectivity index (χ1) is 24.7. The van der Waals surface area contributed by atoms with Gasteiger partial charge >= 0.3 is 29.8 Å². The third kappa shape index (κ3) is 14.3. The quantitative estimate of drug-likeness (QED) is 0.0752. The molecule has 2 N–H and O–H groups in total. The fraction of sp³-hybridized carbons (Fsp3) is 0.559. The topological polar surface area (TPSA) is 227 Å². The van der Waals surface area contributed by atoms with Crippen LogP contribution in [0.2, 0.25) is 0 Å². The van der Waals surface area contributed by atoms with E-state index < -0.39 is 97.5 Å². The van der Waals surface area contributed by atoms with E-state index in [-0.39, 0.29) is 38.6 Å². The predicted molar refractivity (Wildman–Crippen MR) is 175 cm³/mol. The largest absolute Gasteiger partial charge is 0.465 e. The van der Waals surface area contributed by atoms with E-state index in [0.29, 0.717) is 0 Å². The van der Waals surface area contributed by atoms with Crippen molar-refractivity contribution in [3.63, 3.8) is 0 Å². The van der Waals surface area contributed by atoms with E-state index in [1.807, 2.05) is 0 Å². The summed E-state index contributed by atoms with van der Waals surface area (Å²) in [5.41, 5.74) is 0.246. The number of ether oxygens (including phenoxy) is 9. The Kier molecular flexibility index (Phi) is 18.2. The number of carbonyl (C=O) groups excluding carboxylic acids is 7. The zero-order valence-electron chi connectivity index (χ0n) is 29.5. The first-order valence-electron chi connectivity index (χ1n) is 16.0. The van der Waals surface area contributed by atoms with Gasteiger partial charge in [0.25, 0.3) is 17.6 Å². The SMILES string of the molecule is C#CCOCCOCCO[C@]1(C(=O)OC)C[C@H](OC(C)=O)[C@@H](NC(=O)COC(C)=O)[C@H]([C@H](OC(C)=O)[C@@H](CNC(=O)c2ccccc2)OC(C)=O)O1. The van der Waals surface area contributed by atoms with Crippen LogP contribution in [0, 0.1) is 12.3 Å². The third-order valence-corrected chi connectivity index (χ3v) is 7.03. The molecule has 1 fully saturated rings. The Labute approximate surface area is 300 Å². The number of amides is 2. The van der Waals surface area contributed by atoms with Crippen LogP contribution in [0.4, 0.5) is 0 Å². The molecule has 6 atom stereocenters. The maximum absolute atomic E-state index is 13.5. The van der Waals surface area contributed by atoms with Gasteiger partial charge < -0.3 is 53.3 Å². The highest BCUT2D eigenvalue weighted by Gasteiger charge is 2.59. The van der Waals surface area contributed by atoms with E-state index in [4.69, 9.17) is 49.1 Å². The number of hydrogen-bond donors (Lipinski definition) is 2. The molecule has 1 aromatic rings. The second kappa shape index (κ2) is 22.0. The van der Waals surface area contributed by atoms with Gasteiger partial charge in [-0.05, 0) is 12.1 Å². The van der Waals surface area contributed by atoms with Gasteiger partial charge in [0, 0.05) is 33.3 Å². The number of methoxy groups -OCH3 is 1. The molecule has 2 rings (SSSR count). The van der Waals surface area contributed by atoms with Gasteiger partial charge in [0.15, 0.2) is 18.8 Å². The van der Waals surface area contributed by atoms with Crippen molar-refractivity contribution in [1.29, 1.82) is 0 Å². The molecule has 18 heteroatoms. The van der Waals surface area contributed by atoms with Crippen molar-refractivity contribution < 1.29 is 76.2 Å². The van der Waals surface area contributed by atoms with Crippen molar-refractivity contribution in [3.05, 3.63) is 35.9 Å². The van der Waals surface area contributed by atoms with Crippen molar-refractivity contribution in [2.75, 3.05) is 53.3 Å².